The molecule has 6 heteroatoms. The van der Waals surface area contributed by atoms with E-state index in [-0.39, 0.29) is 29.8 Å². The van der Waals surface area contributed by atoms with E-state index in [1.165, 1.54) is 0 Å². The average molecular weight is 354 g/mol. The number of amides is 2. The van der Waals surface area contributed by atoms with Gasteiger partial charge in [-0.25, -0.2) is 4.79 Å². The normalized spacial score (nSPS) is 24.8. The molecule has 1 saturated heterocycles. The molecule has 0 aromatic carbocycles. The van der Waals surface area contributed by atoms with Gasteiger partial charge in [-0.1, -0.05) is 47.0 Å². The largest absolute Gasteiger partial charge is 0.464 e. The second-order valence-electron chi connectivity index (χ2n) is 8.11. The molecule has 1 atom stereocenters. The number of ether oxygens (including phenoxy) is 1. The molecule has 1 fully saturated rings. The van der Waals surface area contributed by atoms with Crippen LogP contribution in [0.2, 0.25) is 0 Å². The van der Waals surface area contributed by atoms with Crippen molar-refractivity contribution in [2.75, 3.05) is 13.2 Å². The second-order valence-corrected chi connectivity index (χ2v) is 8.11. The lowest BCUT2D eigenvalue weighted by Crippen LogP contribution is -2.46. The van der Waals surface area contributed by atoms with Crippen LogP contribution >= 0.6 is 0 Å². The SMILES string of the molecule is CC(C)[C@@H]1NC(=O)CCCCCCCC(=O)NCC(C)(C)COC1=O. The Balaban J connectivity index is 2.73. The summed E-state index contributed by atoms with van der Waals surface area (Å²) in [4.78, 5) is 36.4. The van der Waals surface area contributed by atoms with Crippen LogP contribution in [-0.4, -0.2) is 37.0 Å². The Labute approximate surface area is 151 Å². The van der Waals surface area contributed by atoms with E-state index in [0.717, 1.165) is 32.1 Å². The third-order valence-corrected chi connectivity index (χ3v) is 4.41. The maximum atomic E-state index is 12.4. The molecule has 0 radical (unpaired) electrons. The monoisotopic (exact) mass is 354 g/mol. The Morgan fingerprint density at radius 3 is 2.12 bits per heavy atom. The van der Waals surface area contributed by atoms with Crippen LogP contribution in [0.1, 0.15) is 72.6 Å². The molecule has 1 rings (SSSR count). The van der Waals surface area contributed by atoms with Crippen LogP contribution in [0.15, 0.2) is 0 Å². The minimum atomic E-state index is -0.631. The molecular weight excluding hydrogens is 320 g/mol. The average Bonchev–Trinajstić information content (AvgIpc) is 2.54. The van der Waals surface area contributed by atoms with Gasteiger partial charge >= 0.3 is 5.97 Å². The summed E-state index contributed by atoms with van der Waals surface area (Å²) in [5.74, 6) is -0.509. The summed E-state index contributed by atoms with van der Waals surface area (Å²) >= 11 is 0. The fourth-order valence-corrected chi connectivity index (χ4v) is 2.68. The number of cyclic esters (lactones) is 1. The van der Waals surface area contributed by atoms with Gasteiger partial charge < -0.3 is 15.4 Å². The third-order valence-electron chi connectivity index (χ3n) is 4.41. The number of hydrogen-bond donors (Lipinski definition) is 2. The zero-order valence-corrected chi connectivity index (χ0v) is 16.2. The Morgan fingerprint density at radius 2 is 1.52 bits per heavy atom. The van der Waals surface area contributed by atoms with Crippen molar-refractivity contribution < 1.29 is 19.1 Å². The standard InChI is InChI=1S/C19H34N2O4/c1-14(2)17-18(24)25-13-19(3,4)12-20-15(22)10-8-6-5-7-9-11-16(23)21-17/h14,17H,5-13H2,1-4H3,(H,20,22)(H,21,23)/t17-/m0/s1. The molecule has 0 aromatic rings. The van der Waals surface area contributed by atoms with Crippen LogP contribution in [0.3, 0.4) is 0 Å². The highest BCUT2D eigenvalue weighted by atomic mass is 16.5. The quantitative estimate of drug-likeness (QED) is 0.709. The van der Waals surface area contributed by atoms with Gasteiger partial charge in [-0.2, -0.15) is 0 Å². The van der Waals surface area contributed by atoms with Gasteiger partial charge in [0.05, 0.1) is 6.61 Å². The molecular formula is C19H34N2O4. The Kier molecular flexibility index (Phi) is 8.93. The van der Waals surface area contributed by atoms with Gasteiger partial charge in [0.25, 0.3) is 0 Å². The van der Waals surface area contributed by atoms with Crippen LogP contribution in [0, 0.1) is 11.3 Å². The molecule has 0 aromatic heterocycles. The van der Waals surface area contributed by atoms with Crippen LogP contribution < -0.4 is 10.6 Å². The first kappa shape index (κ1) is 21.5. The van der Waals surface area contributed by atoms with Gasteiger partial charge in [0.1, 0.15) is 6.04 Å². The van der Waals surface area contributed by atoms with Crippen molar-refractivity contribution in [3.05, 3.63) is 0 Å². The molecule has 0 spiro atoms. The van der Waals surface area contributed by atoms with Gasteiger partial charge in [0.15, 0.2) is 0 Å². The molecule has 144 valence electrons. The van der Waals surface area contributed by atoms with Crippen molar-refractivity contribution >= 4 is 17.8 Å². The number of esters is 1. The first-order valence-corrected chi connectivity index (χ1v) is 9.44. The minimum absolute atomic E-state index is 0.0404. The number of rotatable bonds is 1. The summed E-state index contributed by atoms with van der Waals surface area (Å²) < 4.78 is 5.44. The summed E-state index contributed by atoms with van der Waals surface area (Å²) in [5, 5.41) is 5.73. The number of hydrogen-bond acceptors (Lipinski definition) is 4. The van der Waals surface area contributed by atoms with Gasteiger partial charge in [0, 0.05) is 24.8 Å². The van der Waals surface area contributed by atoms with Gasteiger partial charge in [0.2, 0.25) is 11.8 Å². The maximum Gasteiger partial charge on any atom is 0.328 e. The Hall–Kier alpha value is -1.59. The highest BCUT2D eigenvalue weighted by molar-refractivity contribution is 5.84. The van der Waals surface area contributed by atoms with Crippen molar-refractivity contribution in [2.24, 2.45) is 11.3 Å². The van der Waals surface area contributed by atoms with E-state index in [4.69, 9.17) is 4.74 Å². The molecule has 6 nitrogen and oxygen atoms in total. The highest BCUT2D eigenvalue weighted by Crippen LogP contribution is 2.16. The number of carbonyl (C=O) groups excluding carboxylic acids is 3. The van der Waals surface area contributed by atoms with E-state index in [1.807, 2.05) is 27.7 Å². The minimum Gasteiger partial charge on any atom is -0.464 e. The Bertz CT molecular complexity index is 460. The second kappa shape index (κ2) is 10.4. The third kappa shape index (κ3) is 8.89. The lowest BCUT2D eigenvalue weighted by atomic mass is 9.94. The van der Waals surface area contributed by atoms with E-state index in [2.05, 4.69) is 10.6 Å². The molecule has 0 unspecified atom stereocenters. The molecule has 1 aliphatic rings. The van der Waals surface area contributed by atoms with E-state index < -0.39 is 12.0 Å². The topological polar surface area (TPSA) is 84.5 Å². The molecule has 2 amide bonds. The highest BCUT2D eigenvalue weighted by Gasteiger charge is 2.28. The lowest BCUT2D eigenvalue weighted by molar-refractivity contribution is -0.152. The van der Waals surface area contributed by atoms with Crippen molar-refractivity contribution in [1.82, 2.24) is 10.6 Å². The van der Waals surface area contributed by atoms with Gasteiger partial charge in [-0.05, 0) is 18.8 Å². The predicted molar refractivity (Wildman–Crippen MR) is 96.8 cm³/mol. The van der Waals surface area contributed by atoms with Crippen LogP contribution in [0.25, 0.3) is 0 Å². The fourth-order valence-electron chi connectivity index (χ4n) is 2.68. The van der Waals surface area contributed by atoms with E-state index in [9.17, 15) is 14.4 Å². The summed E-state index contributed by atoms with van der Waals surface area (Å²) in [5.41, 5.74) is -0.356. The van der Waals surface area contributed by atoms with Gasteiger partial charge in [-0.3, -0.25) is 9.59 Å². The molecule has 0 bridgehead atoms. The van der Waals surface area contributed by atoms with Crippen LogP contribution in [-0.2, 0) is 19.1 Å². The number of carbonyl (C=O) groups is 3. The summed E-state index contributed by atoms with van der Waals surface area (Å²) in [6.45, 7) is 8.32. The molecule has 1 aliphatic heterocycles. The smallest absolute Gasteiger partial charge is 0.328 e. The van der Waals surface area contributed by atoms with Crippen molar-refractivity contribution in [3.8, 4) is 0 Å². The zero-order chi connectivity index (χ0) is 18.9. The van der Waals surface area contributed by atoms with Crippen LogP contribution in [0.4, 0.5) is 0 Å². The van der Waals surface area contributed by atoms with Gasteiger partial charge in [-0.15, -0.1) is 0 Å². The van der Waals surface area contributed by atoms with Crippen molar-refractivity contribution in [3.63, 3.8) is 0 Å². The first-order valence-electron chi connectivity index (χ1n) is 9.44. The number of nitrogens with one attached hydrogen (secondary N) is 2. The summed E-state index contributed by atoms with van der Waals surface area (Å²) in [6.07, 6.45) is 5.57. The van der Waals surface area contributed by atoms with E-state index >= 15 is 0 Å². The Morgan fingerprint density at radius 1 is 0.960 bits per heavy atom. The maximum absolute atomic E-state index is 12.4. The first-order chi connectivity index (χ1) is 11.7. The van der Waals surface area contributed by atoms with Crippen LogP contribution in [0.5, 0.6) is 0 Å². The summed E-state index contributed by atoms with van der Waals surface area (Å²) in [7, 11) is 0. The summed E-state index contributed by atoms with van der Waals surface area (Å²) in [6, 6.07) is -0.631. The van der Waals surface area contributed by atoms with Crippen molar-refractivity contribution in [1.29, 1.82) is 0 Å². The molecule has 25 heavy (non-hydrogen) atoms. The molecule has 0 aliphatic carbocycles. The fraction of sp³-hybridized carbons (Fsp3) is 0.842. The molecule has 0 saturated carbocycles. The zero-order valence-electron chi connectivity index (χ0n) is 16.2. The lowest BCUT2D eigenvalue weighted by Gasteiger charge is -2.27. The van der Waals surface area contributed by atoms with E-state index in [0.29, 0.717) is 19.4 Å². The van der Waals surface area contributed by atoms with E-state index in [1.54, 1.807) is 0 Å². The predicted octanol–water partition coefficient (Wildman–Crippen LogP) is 2.56. The molecule has 2 N–H and O–H groups in total. The van der Waals surface area contributed by atoms with Crippen molar-refractivity contribution in [2.45, 2.75) is 78.7 Å². The molecule has 1 heterocycles.